The Morgan fingerprint density at radius 3 is 2.39 bits per heavy atom. The van der Waals surface area contributed by atoms with Crippen molar-refractivity contribution in [2.45, 2.75) is 76.4 Å². The van der Waals surface area contributed by atoms with Gasteiger partial charge in [0.15, 0.2) is 5.96 Å². The summed E-state index contributed by atoms with van der Waals surface area (Å²) in [6.07, 6.45) is 6.61. The zero-order valence-corrected chi connectivity index (χ0v) is 22.1. The van der Waals surface area contributed by atoms with Crippen LogP contribution in [-0.4, -0.2) is 57.5 Å². The van der Waals surface area contributed by atoms with E-state index in [1.807, 2.05) is 38.1 Å². The molecule has 3 N–H and O–H groups in total. The number of benzene rings is 1. The van der Waals surface area contributed by atoms with Crippen LogP contribution in [0.1, 0.15) is 57.1 Å². The number of likely N-dealkylation sites (tertiary alicyclic amines) is 1. The Hall–Kier alpha value is -0.910. The largest absolute Gasteiger partial charge is 0.352 e. The lowest BCUT2D eigenvalue weighted by Gasteiger charge is -2.24. The predicted octanol–water partition coefficient (Wildman–Crippen LogP) is 2.81. The van der Waals surface area contributed by atoms with E-state index in [1.54, 1.807) is 7.05 Å². The minimum absolute atomic E-state index is 0. The Labute approximate surface area is 204 Å². The van der Waals surface area contributed by atoms with E-state index < -0.39 is 10.0 Å². The fourth-order valence-electron chi connectivity index (χ4n) is 4.45. The average molecular weight is 564 g/mol. The van der Waals surface area contributed by atoms with Crippen LogP contribution in [0, 0.1) is 0 Å². The first kappa shape index (κ1) is 26.3. The molecule has 1 aromatic carbocycles. The van der Waals surface area contributed by atoms with Gasteiger partial charge >= 0.3 is 0 Å². The highest BCUT2D eigenvalue weighted by molar-refractivity contribution is 14.0. The van der Waals surface area contributed by atoms with Gasteiger partial charge in [-0.05, 0) is 44.2 Å². The SMILES string of the molecule is CN=C(NCc1ccc(CS(=O)(=O)NC(C)C)cc1)NC1CCN(C2CCCC2)C1.I. The lowest BCUT2D eigenvalue weighted by atomic mass is 10.1. The smallest absolute Gasteiger partial charge is 0.216 e. The van der Waals surface area contributed by atoms with Gasteiger partial charge in [-0.25, -0.2) is 13.1 Å². The van der Waals surface area contributed by atoms with Crippen LogP contribution in [0.25, 0.3) is 0 Å². The maximum Gasteiger partial charge on any atom is 0.216 e. The third kappa shape index (κ3) is 8.51. The molecular weight excluding hydrogens is 525 g/mol. The molecule has 7 nitrogen and oxygen atoms in total. The van der Waals surface area contributed by atoms with Crippen LogP contribution in [0.4, 0.5) is 0 Å². The van der Waals surface area contributed by atoms with Gasteiger partial charge in [0.2, 0.25) is 10.0 Å². The average Bonchev–Trinajstić information content (AvgIpc) is 3.36. The molecule has 2 fully saturated rings. The second kappa shape index (κ2) is 12.4. The number of aliphatic imine (C=N–C) groups is 1. The van der Waals surface area contributed by atoms with E-state index >= 15 is 0 Å². The first-order valence-electron chi connectivity index (χ1n) is 11.1. The minimum Gasteiger partial charge on any atom is -0.352 e. The van der Waals surface area contributed by atoms with Crippen LogP contribution in [0.2, 0.25) is 0 Å². The monoisotopic (exact) mass is 563 g/mol. The highest BCUT2D eigenvalue weighted by Gasteiger charge is 2.30. The molecule has 2 aliphatic rings. The van der Waals surface area contributed by atoms with Gasteiger partial charge in [0, 0.05) is 44.8 Å². The maximum absolute atomic E-state index is 12.1. The van der Waals surface area contributed by atoms with Gasteiger partial charge in [0.25, 0.3) is 0 Å². The van der Waals surface area contributed by atoms with Crippen molar-refractivity contribution in [3.8, 4) is 0 Å². The van der Waals surface area contributed by atoms with Crippen LogP contribution >= 0.6 is 24.0 Å². The number of sulfonamides is 1. The van der Waals surface area contributed by atoms with Crippen molar-refractivity contribution in [2.75, 3.05) is 20.1 Å². The molecule has 1 saturated carbocycles. The summed E-state index contributed by atoms with van der Waals surface area (Å²) in [6.45, 7) is 6.57. The number of nitrogens with zero attached hydrogens (tertiary/aromatic N) is 2. The summed E-state index contributed by atoms with van der Waals surface area (Å²) >= 11 is 0. The molecule has 0 spiro atoms. The molecule has 3 rings (SSSR count). The van der Waals surface area contributed by atoms with Gasteiger partial charge in [-0.1, -0.05) is 37.1 Å². The highest BCUT2D eigenvalue weighted by atomic mass is 127. The maximum atomic E-state index is 12.1. The van der Waals surface area contributed by atoms with Crippen LogP contribution in [0.15, 0.2) is 29.3 Å². The van der Waals surface area contributed by atoms with Crippen molar-refractivity contribution in [3.05, 3.63) is 35.4 Å². The lowest BCUT2D eigenvalue weighted by molar-refractivity contribution is 0.242. The number of guanidine groups is 1. The minimum atomic E-state index is -3.30. The molecule has 31 heavy (non-hydrogen) atoms. The molecule has 1 aliphatic heterocycles. The molecule has 176 valence electrons. The zero-order valence-electron chi connectivity index (χ0n) is 18.9. The fraction of sp³-hybridized carbons (Fsp3) is 0.682. The topological polar surface area (TPSA) is 85.8 Å². The van der Waals surface area contributed by atoms with Gasteiger partial charge in [0.05, 0.1) is 5.75 Å². The van der Waals surface area contributed by atoms with Gasteiger partial charge in [-0.15, -0.1) is 24.0 Å². The highest BCUT2D eigenvalue weighted by Crippen LogP contribution is 2.26. The summed E-state index contributed by atoms with van der Waals surface area (Å²) in [6, 6.07) is 8.83. The van der Waals surface area contributed by atoms with Gasteiger partial charge in [-0.3, -0.25) is 9.89 Å². The van der Waals surface area contributed by atoms with Crippen LogP contribution in [0.5, 0.6) is 0 Å². The van der Waals surface area contributed by atoms with Gasteiger partial charge in [-0.2, -0.15) is 0 Å². The summed E-state index contributed by atoms with van der Waals surface area (Å²) in [5, 5.41) is 6.94. The number of rotatable bonds is 8. The Morgan fingerprint density at radius 2 is 1.77 bits per heavy atom. The number of hydrogen-bond donors (Lipinski definition) is 3. The number of hydrogen-bond acceptors (Lipinski definition) is 4. The molecule has 1 aromatic rings. The van der Waals surface area contributed by atoms with Gasteiger partial charge in [0.1, 0.15) is 0 Å². The van der Waals surface area contributed by atoms with E-state index in [-0.39, 0.29) is 35.8 Å². The van der Waals surface area contributed by atoms with E-state index in [9.17, 15) is 8.42 Å². The van der Waals surface area contributed by atoms with Crippen LogP contribution < -0.4 is 15.4 Å². The molecule has 1 atom stereocenters. The van der Waals surface area contributed by atoms with E-state index in [2.05, 4.69) is 25.2 Å². The van der Waals surface area contributed by atoms with Crippen LogP contribution in [0.3, 0.4) is 0 Å². The summed E-state index contributed by atoms with van der Waals surface area (Å²) in [5.74, 6) is 0.822. The van der Waals surface area contributed by atoms with E-state index in [0.717, 1.165) is 36.1 Å². The summed E-state index contributed by atoms with van der Waals surface area (Å²) in [7, 11) is -1.50. The third-order valence-corrected chi connectivity index (χ3v) is 7.42. The van der Waals surface area contributed by atoms with Crippen molar-refractivity contribution < 1.29 is 8.42 Å². The summed E-state index contributed by atoms with van der Waals surface area (Å²) in [4.78, 5) is 7.01. The zero-order chi connectivity index (χ0) is 21.6. The van der Waals surface area contributed by atoms with Crippen molar-refractivity contribution in [3.63, 3.8) is 0 Å². The molecule has 9 heteroatoms. The van der Waals surface area contributed by atoms with Crippen molar-refractivity contribution in [1.82, 2.24) is 20.3 Å². The third-order valence-electron chi connectivity index (χ3n) is 5.88. The molecule has 1 heterocycles. The second-order valence-electron chi connectivity index (χ2n) is 8.84. The van der Waals surface area contributed by atoms with Crippen molar-refractivity contribution >= 4 is 40.0 Å². The fourth-order valence-corrected chi connectivity index (χ4v) is 5.89. The Balaban J connectivity index is 0.00000341. The van der Waals surface area contributed by atoms with E-state index in [4.69, 9.17) is 0 Å². The summed E-state index contributed by atoms with van der Waals surface area (Å²) in [5.41, 5.74) is 1.88. The van der Waals surface area contributed by atoms with Gasteiger partial charge < -0.3 is 10.6 Å². The molecule has 1 unspecified atom stereocenters. The first-order chi connectivity index (χ1) is 14.3. The summed E-state index contributed by atoms with van der Waals surface area (Å²) < 4.78 is 26.8. The van der Waals surface area contributed by atoms with Crippen molar-refractivity contribution in [2.24, 2.45) is 4.99 Å². The lowest BCUT2D eigenvalue weighted by Crippen LogP contribution is -2.45. The molecule has 0 amide bonds. The van der Waals surface area contributed by atoms with Crippen LogP contribution in [-0.2, 0) is 22.3 Å². The normalized spacial score (nSPS) is 20.8. The predicted molar refractivity (Wildman–Crippen MR) is 138 cm³/mol. The Morgan fingerprint density at radius 1 is 1.13 bits per heavy atom. The second-order valence-corrected chi connectivity index (χ2v) is 10.6. The molecule has 1 aliphatic carbocycles. The Bertz CT molecular complexity index is 808. The van der Waals surface area contributed by atoms with Crippen molar-refractivity contribution in [1.29, 1.82) is 0 Å². The quantitative estimate of drug-likeness (QED) is 0.258. The number of halogens is 1. The molecule has 0 radical (unpaired) electrons. The molecular formula is C22H38IN5O2S. The molecule has 0 aromatic heterocycles. The standard InChI is InChI=1S/C22H37N5O2S.HI/c1-17(2)26-30(28,29)16-19-10-8-18(9-11-19)14-24-22(23-3)25-20-12-13-27(15-20)21-6-4-5-7-21;/h8-11,17,20-21,26H,4-7,12-16H2,1-3H3,(H2,23,24,25);1H. The first-order valence-corrected chi connectivity index (χ1v) is 12.8. The van der Waals surface area contributed by atoms with E-state index in [0.29, 0.717) is 12.6 Å². The Kier molecular flexibility index (Phi) is 10.5. The molecule has 0 bridgehead atoms. The van der Waals surface area contributed by atoms with E-state index in [1.165, 1.54) is 32.2 Å². The number of nitrogens with one attached hydrogen (secondary N) is 3. The molecule has 1 saturated heterocycles.